The summed E-state index contributed by atoms with van der Waals surface area (Å²) >= 11 is 3.86. The highest BCUT2D eigenvalue weighted by Crippen LogP contribution is 2.24. The number of nitrogen functional groups attached to an aromatic ring is 1. The second-order valence-electron chi connectivity index (χ2n) is 3.92. The van der Waals surface area contributed by atoms with Crippen LogP contribution in [0.1, 0.15) is 24.1 Å². The highest BCUT2D eigenvalue weighted by molar-refractivity contribution is 7.99. The molecule has 1 unspecified atom stereocenters. The predicted molar refractivity (Wildman–Crippen MR) is 70.5 cm³/mol. The van der Waals surface area contributed by atoms with Gasteiger partial charge < -0.3 is 11.1 Å². The van der Waals surface area contributed by atoms with E-state index in [1.165, 1.54) is 29.9 Å². The molecule has 0 aromatic carbocycles. The van der Waals surface area contributed by atoms with Crippen LogP contribution in [0.2, 0.25) is 0 Å². The maximum absolute atomic E-state index is 5.82. The van der Waals surface area contributed by atoms with Crippen molar-refractivity contribution in [3.05, 3.63) is 16.3 Å². The molecule has 1 aliphatic rings. The van der Waals surface area contributed by atoms with Crippen molar-refractivity contribution in [2.24, 2.45) is 0 Å². The molecule has 1 fully saturated rings. The van der Waals surface area contributed by atoms with Crippen LogP contribution >= 0.6 is 23.1 Å². The molecule has 0 aliphatic carbocycles. The molecule has 1 atom stereocenters. The van der Waals surface area contributed by atoms with Gasteiger partial charge in [0, 0.05) is 28.9 Å². The molecule has 3 N–H and O–H groups in total. The summed E-state index contributed by atoms with van der Waals surface area (Å²) in [5.74, 6) is 1.34. The van der Waals surface area contributed by atoms with E-state index in [0.29, 0.717) is 0 Å². The van der Waals surface area contributed by atoms with Gasteiger partial charge in [-0.15, -0.1) is 11.3 Å². The SMILES string of the molecule is Nc1ccsc1CNCC1CCCCS1. The minimum atomic E-state index is 0.819. The Morgan fingerprint density at radius 1 is 1.47 bits per heavy atom. The molecule has 15 heavy (non-hydrogen) atoms. The Balaban J connectivity index is 1.68. The van der Waals surface area contributed by atoms with Crippen molar-refractivity contribution in [2.75, 3.05) is 18.0 Å². The number of nitrogens with two attached hydrogens (primary N) is 1. The summed E-state index contributed by atoms with van der Waals surface area (Å²) in [6, 6.07) is 1.98. The summed E-state index contributed by atoms with van der Waals surface area (Å²) in [5.41, 5.74) is 6.76. The van der Waals surface area contributed by atoms with E-state index >= 15 is 0 Å². The van der Waals surface area contributed by atoms with Gasteiger partial charge in [0.2, 0.25) is 0 Å². The Labute approximate surface area is 99.6 Å². The van der Waals surface area contributed by atoms with Gasteiger partial charge in [-0.3, -0.25) is 0 Å². The van der Waals surface area contributed by atoms with Crippen LogP contribution in [-0.4, -0.2) is 17.5 Å². The quantitative estimate of drug-likeness (QED) is 0.852. The fourth-order valence-corrected chi connectivity index (χ4v) is 3.85. The topological polar surface area (TPSA) is 38.0 Å². The lowest BCUT2D eigenvalue weighted by Gasteiger charge is -2.21. The Morgan fingerprint density at radius 2 is 2.40 bits per heavy atom. The van der Waals surface area contributed by atoms with E-state index in [9.17, 15) is 0 Å². The number of hydrogen-bond acceptors (Lipinski definition) is 4. The van der Waals surface area contributed by atoms with E-state index in [0.717, 1.165) is 24.0 Å². The van der Waals surface area contributed by atoms with Crippen LogP contribution in [0.5, 0.6) is 0 Å². The molecule has 1 aromatic rings. The number of anilines is 1. The summed E-state index contributed by atoms with van der Waals surface area (Å²) in [6.45, 7) is 2.06. The monoisotopic (exact) mass is 242 g/mol. The van der Waals surface area contributed by atoms with Crippen LogP contribution in [0.3, 0.4) is 0 Å². The Kier molecular flexibility index (Phi) is 4.35. The van der Waals surface area contributed by atoms with Gasteiger partial charge in [-0.25, -0.2) is 0 Å². The average Bonchev–Trinajstić information content (AvgIpc) is 2.66. The molecule has 0 spiro atoms. The van der Waals surface area contributed by atoms with Gasteiger partial charge in [0.15, 0.2) is 0 Å². The Bertz CT molecular complexity index is 293. The van der Waals surface area contributed by atoms with Crippen LogP contribution in [0.4, 0.5) is 5.69 Å². The highest BCUT2D eigenvalue weighted by atomic mass is 32.2. The number of thioether (sulfide) groups is 1. The molecule has 1 aromatic heterocycles. The first-order chi connectivity index (χ1) is 7.36. The lowest BCUT2D eigenvalue weighted by Crippen LogP contribution is -2.26. The van der Waals surface area contributed by atoms with Gasteiger partial charge >= 0.3 is 0 Å². The minimum absolute atomic E-state index is 0.819. The van der Waals surface area contributed by atoms with Crippen LogP contribution in [0.15, 0.2) is 11.4 Å². The van der Waals surface area contributed by atoms with Crippen molar-refractivity contribution >= 4 is 28.8 Å². The first-order valence-corrected chi connectivity index (χ1v) is 7.43. The number of rotatable bonds is 4. The number of hydrogen-bond donors (Lipinski definition) is 2. The van der Waals surface area contributed by atoms with Crippen molar-refractivity contribution < 1.29 is 0 Å². The summed E-state index contributed by atoms with van der Waals surface area (Å²) in [4.78, 5) is 1.27. The number of thiophene rings is 1. The van der Waals surface area contributed by atoms with E-state index in [1.807, 2.05) is 6.07 Å². The molecule has 2 heterocycles. The zero-order valence-corrected chi connectivity index (χ0v) is 10.5. The van der Waals surface area contributed by atoms with Crippen molar-refractivity contribution in [1.82, 2.24) is 5.32 Å². The zero-order chi connectivity index (χ0) is 10.5. The molecule has 2 rings (SSSR count). The van der Waals surface area contributed by atoms with Gasteiger partial charge in [0.05, 0.1) is 0 Å². The summed E-state index contributed by atoms with van der Waals surface area (Å²) < 4.78 is 0. The van der Waals surface area contributed by atoms with E-state index in [4.69, 9.17) is 5.73 Å². The van der Waals surface area contributed by atoms with E-state index in [1.54, 1.807) is 11.3 Å². The predicted octanol–water partition coefficient (Wildman–Crippen LogP) is 2.71. The fourth-order valence-electron chi connectivity index (χ4n) is 1.81. The largest absolute Gasteiger partial charge is 0.398 e. The fraction of sp³-hybridized carbons (Fsp3) is 0.636. The van der Waals surface area contributed by atoms with Crippen LogP contribution in [0, 0.1) is 0 Å². The molecule has 0 bridgehead atoms. The second-order valence-corrected chi connectivity index (χ2v) is 6.33. The first kappa shape index (κ1) is 11.3. The maximum atomic E-state index is 5.82. The van der Waals surface area contributed by atoms with Gasteiger partial charge in [-0.1, -0.05) is 6.42 Å². The summed E-state index contributed by atoms with van der Waals surface area (Å²) in [7, 11) is 0. The van der Waals surface area contributed by atoms with Gasteiger partial charge in [-0.05, 0) is 30.0 Å². The lowest BCUT2D eigenvalue weighted by molar-refractivity contribution is 0.600. The molecule has 1 saturated heterocycles. The maximum Gasteiger partial charge on any atom is 0.0468 e. The molecule has 0 amide bonds. The van der Waals surface area contributed by atoms with Crippen LogP contribution < -0.4 is 11.1 Å². The Hall–Kier alpha value is -0.190. The van der Waals surface area contributed by atoms with Crippen molar-refractivity contribution in [2.45, 2.75) is 31.1 Å². The minimum Gasteiger partial charge on any atom is -0.398 e. The Morgan fingerprint density at radius 3 is 3.07 bits per heavy atom. The molecule has 84 valence electrons. The smallest absolute Gasteiger partial charge is 0.0468 e. The second kappa shape index (κ2) is 5.77. The third kappa shape index (κ3) is 3.40. The van der Waals surface area contributed by atoms with E-state index < -0.39 is 0 Å². The number of nitrogens with one attached hydrogen (secondary N) is 1. The van der Waals surface area contributed by atoms with Crippen molar-refractivity contribution in [3.8, 4) is 0 Å². The highest BCUT2D eigenvalue weighted by Gasteiger charge is 2.13. The normalized spacial score (nSPS) is 21.7. The standard InChI is InChI=1S/C11H18N2S2/c12-10-4-6-15-11(10)8-13-7-9-3-1-2-5-14-9/h4,6,9,13H,1-3,5,7-8,12H2. The third-order valence-electron chi connectivity index (χ3n) is 2.71. The molecule has 0 saturated carbocycles. The van der Waals surface area contributed by atoms with Gasteiger partial charge in [0.1, 0.15) is 0 Å². The van der Waals surface area contributed by atoms with Gasteiger partial charge in [-0.2, -0.15) is 11.8 Å². The average molecular weight is 242 g/mol. The van der Waals surface area contributed by atoms with Gasteiger partial charge in [0.25, 0.3) is 0 Å². The summed E-state index contributed by atoms with van der Waals surface area (Å²) in [5, 5.41) is 6.38. The molecule has 4 heteroatoms. The molecule has 1 aliphatic heterocycles. The van der Waals surface area contributed by atoms with E-state index in [2.05, 4.69) is 22.5 Å². The van der Waals surface area contributed by atoms with Crippen LogP contribution in [-0.2, 0) is 6.54 Å². The molecular formula is C11H18N2S2. The molecule has 0 radical (unpaired) electrons. The first-order valence-electron chi connectivity index (χ1n) is 5.50. The third-order valence-corrected chi connectivity index (χ3v) is 5.05. The van der Waals surface area contributed by atoms with Crippen molar-refractivity contribution in [1.29, 1.82) is 0 Å². The lowest BCUT2D eigenvalue weighted by atomic mass is 10.2. The van der Waals surface area contributed by atoms with Crippen LogP contribution in [0.25, 0.3) is 0 Å². The zero-order valence-electron chi connectivity index (χ0n) is 8.87. The summed E-state index contributed by atoms with van der Waals surface area (Å²) in [6.07, 6.45) is 4.18. The molecular weight excluding hydrogens is 224 g/mol. The van der Waals surface area contributed by atoms with E-state index in [-0.39, 0.29) is 0 Å². The molecule has 2 nitrogen and oxygen atoms in total. The van der Waals surface area contributed by atoms with Crippen molar-refractivity contribution in [3.63, 3.8) is 0 Å².